The number of carbonyl (C=O) groups is 2. The first-order chi connectivity index (χ1) is 11.4. The molecule has 5 nitrogen and oxygen atoms in total. The normalized spacial score (nSPS) is 16.0. The second-order valence-electron chi connectivity index (χ2n) is 5.94. The van der Waals surface area contributed by atoms with E-state index in [-0.39, 0.29) is 24.5 Å². The molecule has 7 heteroatoms. The van der Waals surface area contributed by atoms with Gasteiger partial charge >= 0.3 is 6.03 Å². The fourth-order valence-corrected chi connectivity index (χ4v) is 3.19. The molecule has 1 heterocycles. The lowest BCUT2D eigenvalue weighted by Gasteiger charge is -2.29. The van der Waals surface area contributed by atoms with E-state index in [9.17, 15) is 9.59 Å². The number of urea groups is 1. The van der Waals surface area contributed by atoms with Crippen molar-refractivity contribution in [2.24, 2.45) is 0 Å². The number of rotatable bonds is 8. The number of hydrogen-bond donors (Lipinski definition) is 1. The van der Waals surface area contributed by atoms with Crippen LogP contribution in [0.3, 0.4) is 0 Å². The number of nitrogens with zero attached hydrogens (tertiary/aromatic N) is 2. The van der Waals surface area contributed by atoms with Gasteiger partial charge in [0.25, 0.3) is 0 Å². The maximum atomic E-state index is 11.6. The summed E-state index contributed by atoms with van der Waals surface area (Å²) in [6, 6.07) is 5.59. The number of amides is 3. The minimum absolute atomic E-state index is 0.108. The van der Waals surface area contributed by atoms with Gasteiger partial charge in [-0.1, -0.05) is 36.2 Å². The molecule has 1 aliphatic rings. The molecule has 24 heavy (non-hydrogen) atoms. The molecule has 2 rings (SSSR count). The zero-order valence-corrected chi connectivity index (χ0v) is 15.5. The van der Waals surface area contributed by atoms with E-state index in [2.05, 4.69) is 24.1 Å². The first-order valence-corrected chi connectivity index (χ1v) is 8.96. The van der Waals surface area contributed by atoms with Crippen LogP contribution in [-0.4, -0.2) is 47.9 Å². The molecule has 0 radical (unpaired) electrons. The molecule has 1 saturated heterocycles. The Morgan fingerprint density at radius 2 is 2.00 bits per heavy atom. The lowest BCUT2D eigenvalue weighted by Crippen LogP contribution is -2.35. The molecule has 1 aromatic carbocycles. The molecular formula is C17H23Cl2N3O2. The van der Waals surface area contributed by atoms with Gasteiger partial charge in [0.05, 0.1) is 16.6 Å². The molecule has 1 fully saturated rings. The van der Waals surface area contributed by atoms with Crippen LogP contribution in [0.15, 0.2) is 18.2 Å². The van der Waals surface area contributed by atoms with Crippen molar-refractivity contribution in [3.05, 3.63) is 33.8 Å². The van der Waals surface area contributed by atoms with Gasteiger partial charge in [-0.3, -0.25) is 14.6 Å². The van der Waals surface area contributed by atoms with Crippen LogP contribution in [0.5, 0.6) is 0 Å². The van der Waals surface area contributed by atoms with Crippen LogP contribution >= 0.6 is 23.2 Å². The van der Waals surface area contributed by atoms with Crippen molar-refractivity contribution in [3.63, 3.8) is 0 Å². The Balaban J connectivity index is 1.96. The highest BCUT2D eigenvalue weighted by Crippen LogP contribution is 2.28. The van der Waals surface area contributed by atoms with Gasteiger partial charge in [0.2, 0.25) is 5.91 Å². The molecule has 1 N–H and O–H groups in total. The molecule has 132 valence electrons. The van der Waals surface area contributed by atoms with Gasteiger partial charge in [0.1, 0.15) is 0 Å². The number of imide groups is 1. The van der Waals surface area contributed by atoms with Gasteiger partial charge in [-0.05, 0) is 44.0 Å². The van der Waals surface area contributed by atoms with Crippen LogP contribution in [0.2, 0.25) is 10.0 Å². The predicted molar refractivity (Wildman–Crippen MR) is 96.5 cm³/mol. The summed E-state index contributed by atoms with van der Waals surface area (Å²) in [5.41, 5.74) is 1.10. The molecule has 0 aromatic heterocycles. The van der Waals surface area contributed by atoms with Crippen molar-refractivity contribution in [3.8, 4) is 0 Å². The molecule has 0 spiro atoms. The number of carbonyl (C=O) groups excluding carboxylic acids is 2. The zero-order valence-electron chi connectivity index (χ0n) is 14.0. The predicted octanol–water partition coefficient (Wildman–Crippen LogP) is 3.71. The fourth-order valence-electron chi connectivity index (χ4n) is 2.88. The Morgan fingerprint density at radius 1 is 1.25 bits per heavy atom. The summed E-state index contributed by atoms with van der Waals surface area (Å²) in [7, 11) is 0. The van der Waals surface area contributed by atoms with Crippen molar-refractivity contribution in [1.29, 1.82) is 0 Å². The first kappa shape index (κ1) is 19.0. The van der Waals surface area contributed by atoms with Crippen LogP contribution in [0.1, 0.15) is 38.3 Å². The molecular weight excluding hydrogens is 349 g/mol. The van der Waals surface area contributed by atoms with Gasteiger partial charge in [-0.2, -0.15) is 0 Å². The summed E-state index contributed by atoms with van der Waals surface area (Å²) in [5.74, 6) is -0.153. The van der Waals surface area contributed by atoms with Crippen LogP contribution in [0.25, 0.3) is 0 Å². The van der Waals surface area contributed by atoms with Crippen molar-refractivity contribution in [2.45, 2.75) is 32.7 Å². The van der Waals surface area contributed by atoms with E-state index in [1.54, 1.807) is 0 Å². The molecule has 1 aliphatic heterocycles. The molecule has 3 amide bonds. The highest BCUT2D eigenvalue weighted by molar-refractivity contribution is 6.42. The van der Waals surface area contributed by atoms with Crippen LogP contribution in [0, 0.1) is 0 Å². The second kappa shape index (κ2) is 8.70. The summed E-state index contributed by atoms with van der Waals surface area (Å²) < 4.78 is 0. The summed E-state index contributed by atoms with van der Waals surface area (Å²) in [6.07, 6.45) is 1.76. The fraction of sp³-hybridized carbons (Fsp3) is 0.529. The molecule has 0 bridgehead atoms. The van der Waals surface area contributed by atoms with Crippen LogP contribution in [0.4, 0.5) is 4.79 Å². The lowest BCUT2D eigenvalue weighted by molar-refractivity contribution is -0.125. The van der Waals surface area contributed by atoms with Crippen LogP contribution in [-0.2, 0) is 4.79 Å². The highest BCUT2D eigenvalue weighted by Gasteiger charge is 2.28. The van der Waals surface area contributed by atoms with E-state index in [4.69, 9.17) is 23.2 Å². The van der Waals surface area contributed by atoms with Crippen LogP contribution < -0.4 is 5.32 Å². The van der Waals surface area contributed by atoms with Crippen molar-refractivity contribution >= 4 is 35.1 Å². The Hall–Kier alpha value is -1.30. The summed E-state index contributed by atoms with van der Waals surface area (Å²) in [5, 5.41) is 3.64. The molecule has 1 unspecified atom stereocenters. The average Bonchev–Trinajstić information content (AvgIpc) is 2.87. The largest absolute Gasteiger partial charge is 0.329 e. The van der Waals surface area contributed by atoms with Crippen molar-refractivity contribution in [1.82, 2.24) is 15.1 Å². The molecule has 1 aromatic rings. The van der Waals surface area contributed by atoms with Gasteiger partial charge < -0.3 is 5.32 Å². The average molecular weight is 372 g/mol. The van der Waals surface area contributed by atoms with E-state index in [0.29, 0.717) is 16.6 Å². The minimum Gasteiger partial charge on any atom is -0.329 e. The highest BCUT2D eigenvalue weighted by atomic mass is 35.5. The molecule has 0 saturated carbocycles. The topological polar surface area (TPSA) is 52.6 Å². The third-order valence-electron chi connectivity index (χ3n) is 4.25. The Morgan fingerprint density at radius 3 is 2.58 bits per heavy atom. The van der Waals surface area contributed by atoms with E-state index in [1.165, 1.54) is 4.90 Å². The van der Waals surface area contributed by atoms with Crippen molar-refractivity contribution in [2.75, 3.05) is 26.2 Å². The molecule has 0 aliphatic carbocycles. The third kappa shape index (κ3) is 4.62. The van der Waals surface area contributed by atoms with E-state index >= 15 is 0 Å². The maximum Gasteiger partial charge on any atom is 0.324 e. The Bertz CT molecular complexity index is 593. The number of hydrogen-bond acceptors (Lipinski definition) is 3. The first-order valence-electron chi connectivity index (χ1n) is 8.21. The van der Waals surface area contributed by atoms with Gasteiger partial charge in [-0.25, -0.2) is 4.79 Å². The quantitative estimate of drug-likeness (QED) is 0.708. The standard InChI is InChI=1S/C17H23Cl2N3O2/c1-3-7-21(8-4-9-22-16(23)11-20-17(22)24)12(2)13-5-6-14(18)15(19)10-13/h5-6,10,12H,3-4,7-9,11H2,1-2H3,(H,20,24). The van der Waals surface area contributed by atoms with Gasteiger partial charge in [0, 0.05) is 19.1 Å². The summed E-state index contributed by atoms with van der Waals surface area (Å²) in [6.45, 7) is 6.54. The van der Waals surface area contributed by atoms with Gasteiger partial charge in [0.15, 0.2) is 0 Å². The number of nitrogens with one attached hydrogen (secondary N) is 1. The monoisotopic (exact) mass is 371 g/mol. The summed E-state index contributed by atoms with van der Waals surface area (Å²) >= 11 is 12.1. The second-order valence-corrected chi connectivity index (χ2v) is 6.76. The van der Waals surface area contributed by atoms with E-state index in [1.807, 2.05) is 18.2 Å². The summed E-state index contributed by atoms with van der Waals surface area (Å²) in [4.78, 5) is 26.8. The maximum absolute atomic E-state index is 11.6. The van der Waals surface area contributed by atoms with E-state index in [0.717, 1.165) is 31.5 Å². The minimum atomic E-state index is -0.292. The Kier molecular flexibility index (Phi) is 6.90. The van der Waals surface area contributed by atoms with Gasteiger partial charge in [-0.15, -0.1) is 0 Å². The smallest absolute Gasteiger partial charge is 0.324 e. The third-order valence-corrected chi connectivity index (χ3v) is 4.99. The molecule has 1 atom stereocenters. The van der Waals surface area contributed by atoms with Crippen molar-refractivity contribution < 1.29 is 9.59 Å². The zero-order chi connectivity index (χ0) is 17.7. The van der Waals surface area contributed by atoms with E-state index < -0.39 is 0 Å². The SMILES string of the molecule is CCCN(CCCN1C(=O)CNC1=O)C(C)c1ccc(Cl)c(Cl)c1. The number of benzene rings is 1. The lowest BCUT2D eigenvalue weighted by atomic mass is 10.1. The Labute approximate surface area is 152 Å². The number of halogens is 2.